The molecule has 18 heavy (non-hydrogen) atoms. The maximum atomic E-state index is 9.10. The van der Waals surface area contributed by atoms with Crippen LogP contribution in [0.15, 0.2) is 0 Å². The fourth-order valence-corrected chi connectivity index (χ4v) is 5.73. The van der Waals surface area contributed by atoms with Crippen molar-refractivity contribution in [3.05, 3.63) is 0 Å². The highest BCUT2D eigenvalue weighted by Gasteiger charge is 2.52. The standard InChI is InChI=1S/C16H28O2/c17-5-1-3-14-12-7-11-8-13(10-12)15(4-2-6-18)16(14)9-11/h11-18H,1-10H2. The van der Waals surface area contributed by atoms with Crippen LogP contribution >= 0.6 is 0 Å². The second-order valence-corrected chi connectivity index (χ2v) is 7.05. The SMILES string of the molecule is OCCCC1C2CC3CC(C2)C(CCCO)C1C3. The van der Waals surface area contributed by atoms with Gasteiger partial charge in [-0.2, -0.15) is 0 Å². The van der Waals surface area contributed by atoms with Crippen LogP contribution in [0.25, 0.3) is 0 Å². The number of hydrogen-bond donors (Lipinski definition) is 2. The van der Waals surface area contributed by atoms with Crippen molar-refractivity contribution in [2.75, 3.05) is 13.2 Å². The summed E-state index contributed by atoms with van der Waals surface area (Å²) in [5.41, 5.74) is 0. The first-order chi connectivity index (χ1) is 8.83. The van der Waals surface area contributed by atoms with Crippen molar-refractivity contribution in [1.82, 2.24) is 0 Å². The van der Waals surface area contributed by atoms with Crippen LogP contribution < -0.4 is 0 Å². The first-order valence-electron chi connectivity index (χ1n) is 8.05. The van der Waals surface area contributed by atoms with Crippen LogP contribution in [0.4, 0.5) is 0 Å². The van der Waals surface area contributed by atoms with E-state index in [1.54, 1.807) is 0 Å². The van der Waals surface area contributed by atoms with E-state index in [1.807, 2.05) is 0 Å². The Balaban J connectivity index is 1.69. The topological polar surface area (TPSA) is 40.5 Å². The molecule has 4 fully saturated rings. The molecule has 0 amide bonds. The van der Waals surface area contributed by atoms with Crippen LogP contribution in [0, 0.1) is 35.5 Å². The monoisotopic (exact) mass is 252 g/mol. The van der Waals surface area contributed by atoms with Gasteiger partial charge in [0, 0.05) is 13.2 Å². The van der Waals surface area contributed by atoms with Crippen molar-refractivity contribution in [3.8, 4) is 0 Å². The quantitative estimate of drug-likeness (QED) is 0.763. The fourth-order valence-electron chi connectivity index (χ4n) is 5.73. The van der Waals surface area contributed by atoms with Gasteiger partial charge in [0.05, 0.1) is 0 Å². The molecular weight excluding hydrogens is 224 g/mol. The number of aliphatic hydroxyl groups excluding tert-OH is 2. The van der Waals surface area contributed by atoms with E-state index in [1.165, 1.54) is 38.5 Å². The molecule has 4 bridgehead atoms. The molecule has 0 heterocycles. The highest BCUT2D eigenvalue weighted by Crippen LogP contribution is 2.61. The van der Waals surface area contributed by atoms with Gasteiger partial charge in [-0.3, -0.25) is 0 Å². The summed E-state index contributed by atoms with van der Waals surface area (Å²) in [6, 6.07) is 0. The van der Waals surface area contributed by atoms with E-state index < -0.39 is 0 Å². The predicted octanol–water partition coefficient (Wildman–Crippen LogP) is 2.83. The normalized spacial score (nSPS) is 45.7. The minimum absolute atomic E-state index is 0.365. The minimum atomic E-state index is 0.365. The summed E-state index contributed by atoms with van der Waals surface area (Å²) in [7, 11) is 0. The van der Waals surface area contributed by atoms with Gasteiger partial charge in [-0.15, -0.1) is 0 Å². The largest absolute Gasteiger partial charge is 0.396 e. The summed E-state index contributed by atoms with van der Waals surface area (Å²) >= 11 is 0. The predicted molar refractivity (Wildman–Crippen MR) is 72.0 cm³/mol. The second-order valence-electron chi connectivity index (χ2n) is 7.05. The number of aliphatic hydroxyl groups is 2. The Bertz CT molecular complexity index is 254. The number of hydrogen-bond acceptors (Lipinski definition) is 2. The van der Waals surface area contributed by atoms with E-state index in [2.05, 4.69) is 0 Å². The smallest absolute Gasteiger partial charge is 0.0431 e. The third-order valence-corrected chi connectivity index (χ3v) is 6.19. The molecule has 2 heteroatoms. The van der Waals surface area contributed by atoms with Crippen LogP contribution in [0.1, 0.15) is 51.4 Å². The van der Waals surface area contributed by atoms with Crippen LogP contribution in [-0.2, 0) is 0 Å². The average Bonchev–Trinajstić information content (AvgIpc) is 2.37. The van der Waals surface area contributed by atoms with E-state index in [0.29, 0.717) is 13.2 Å². The van der Waals surface area contributed by atoms with Crippen molar-refractivity contribution in [2.24, 2.45) is 35.5 Å². The molecule has 0 aromatic heterocycles. The zero-order valence-electron chi connectivity index (χ0n) is 11.4. The summed E-state index contributed by atoms with van der Waals surface area (Å²) in [5.74, 6) is 5.70. The fraction of sp³-hybridized carbons (Fsp3) is 1.00. The van der Waals surface area contributed by atoms with E-state index >= 15 is 0 Å². The van der Waals surface area contributed by atoms with Crippen LogP contribution in [0.3, 0.4) is 0 Å². The van der Waals surface area contributed by atoms with Crippen molar-refractivity contribution in [2.45, 2.75) is 51.4 Å². The third-order valence-electron chi connectivity index (χ3n) is 6.19. The molecule has 0 radical (unpaired) electrons. The zero-order chi connectivity index (χ0) is 12.5. The summed E-state index contributed by atoms with van der Waals surface area (Å²) in [5, 5.41) is 18.2. The van der Waals surface area contributed by atoms with E-state index in [4.69, 9.17) is 10.2 Å². The molecule has 0 aliphatic heterocycles. The Morgan fingerprint density at radius 3 is 1.78 bits per heavy atom. The summed E-state index contributed by atoms with van der Waals surface area (Å²) < 4.78 is 0. The molecule has 4 unspecified atom stereocenters. The van der Waals surface area contributed by atoms with Crippen LogP contribution in [0.2, 0.25) is 0 Å². The molecule has 0 aromatic rings. The molecule has 0 aromatic carbocycles. The molecule has 2 N–H and O–H groups in total. The van der Waals surface area contributed by atoms with Gasteiger partial charge in [-0.25, -0.2) is 0 Å². The molecule has 104 valence electrons. The first kappa shape index (κ1) is 12.9. The van der Waals surface area contributed by atoms with Gasteiger partial charge in [0.1, 0.15) is 0 Å². The lowest BCUT2D eigenvalue weighted by molar-refractivity contribution is -0.0927. The van der Waals surface area contributed by atoms with Crippen LogP contribution in [0.5, 0.6) is 0 Å². The van der Waals surface area contributed by atoms with Gasteiger partial charge in [0.25, 0.3) is 0 Å². The summed E-state index contributed by atoms with van der Waals surface area (Å²) in [6.07, 6.45) is 10.4. The van der Waals surface area contributed by atoms with Crippen molar-refractivity contribution in [3.63, 3.8) is 0 Å². The maximum Gasteiger partial charge on any atom is 0.0431 e. The van der Waals surface area contributed by atoms with Crippen molar-refractivity contribution in [1.29, 1.82) is 0 Å². The van der Waals surface area contributed by atoms with Gasteiger partial charge in [-0.05, 0) is 86.9 Å². The molecule has 2 nitrogen and oxygen atoms in total. The van der Waals surface area contributed by atoms with E-state index in [9.17, 15) is 0 Å². The molecular formula is C16H28O2. The molecule has 4 atom stereocenters. The summed E-state index contributed by atoms with van der Waals surface area (Å²) in [6.45, 7) is 0.730. The molecule has 4 rings (SSSR count). The first-order valence-corrected chi connectivity index (χ1v) is 8.05. The lowest BCUT2D eigenvalue weighted by Crippen LogP contribution is -2.50. The van der Waals surface area contributed by atoms with Gasteiger partial charge in [0.2, 0.25) is 0 Å². The minimum Gasteiger partial charge on any atom is -0.396 e. The molecule has 4 aliphatic rings. The Labute approximate surface area is 111 Å². The van der Waals surface area contributed by atoms with Crippen LogP contribution in [-0.4, -0.2) is 23.4 Å². The molecule has 0 spiro atoms. The third kappa shape index (κ3) is 2.22. The van der Waals surface area contributed by atoms with Gasteiger partial charge < -0.3 is 10.2 Å². The molecule has 4 aliphatic carbocycles. The number of rotatable bonds is 6. The van der Waals surface area contributed by atoms with Crippen molar-refractivity contribution >= 4 is 0 Å². The van der Waals surface area contributed by atoms with E-state index in [0.717, 1.165) is 48.3 Å². The Morgan fingerprint density at radius 1 is 0.722 bits per heavy atom. The average molecular weight is 252 g/mol. The Hall–Kier alpha value is -0.0800. The second kappa shape index (κ2) is 5.50. The maximum absolute atomic E-state index is 9.10. The highest BCUT2D eigenvalue weighted by atomic mass is 16.3. The van der Waals surface area contributed by atoms with Gasteiger partial charge in [-0.1, -0.05) is 0 Å². The van der Waals surface area contributed by atoms with Gasteiger partial charge >= 0.3 is 0 Å². The lowest BCUT2D eigenvalue weighted by atomic mass is 9.46. The highest BCUT2D eigenvalue weighted by molar-refractivity contribution is 5.01. The molecule has 0 saturated heterocycles. The van der Waals surface area contributed by atoms with Crippen molar-refractivity contribution < 1.29 is 10.2 Å². The lowest BCUT2D eigenvalue weighted by Gasteiger charge is -2.59. The summed E-state index contributed by atoms with van der Waals surface area (Å²) in [4.78, 5) is 0. The van der Waals surface area contributed by atoms with E-state index in [-0.39, 0.29) is 0 Å². The Kier molecular flexibility index (Phi) is 3.95. The zero-order valence-corrected chi connectivity index (χ0v) is 11.4. The van der Waals surface area contributed by atoms with Gasteiger partial charge in [0.15, 0.2) is 0 Å². The Morgan fingerprint density at radius 2 is 1.28 bits per heavy atom. The molecule has 4 saturated carbocycles.